The molecule has 0 atom stereocenters. The molecule has 14 heavy (non-hydrogen) atoms. The van der Waals surface area contributed by atoms with Crippen LogP contribution in [0.5, 0.6) is 0 Å². The summed E-state index contributed by atoms with van der Waals surface area (Å²) in [6, 6.07) is 0.0895. The van der Waals surface area contributed by atoms with Crippen LogP contribution in [-0.4, -0.2) is 57.7 Å². The maximum absolute atomic E-state index is 11.8. The van der Waals surface area contributed by atoms with Gasteiger partial charge in [-0.05, 0) is 13.8 Å². The molecule has 2 amide bonds. The van der Waals surface area contributed by atoms with Crippen molar-refractivity contribution in [3.05, 3.63) is 0 Å². The molecule has 0 aromatic rings. The molecule has 82 valence electrons. The van der Waals surface area contributed by atoms with Crippen molar-refractivity contribution in [2.24, 2.45) is 0 Å². The van der Waals surface area contributed by atoms with Gasteiger partial charge in [0.2, 0.25) is 0 Å². The topological polar surface area (TPSA) is 40.6 Å². The number of hydrogen-bond donors (Lipinski definition) is 0. The van der Waals surface area contributed by atoms with E-state index >= 15 is 0 Å². The van der Waals surface area contributed by atoms with E-state index in [1.807, 2.05) is 13.8 Å². The fraction of sp³-hybridized carbons (Fsp3) is 0.889. The minimum Gasteiger partial charge on any atom is -0.325 e. The highest BCUT2D eigenvalue weighted by molar-refractivity contribution is 7.85. The number of hydrogen-bond acceptors (Lipinski definition) is 2. The van der Waals surface area contributed by atoms with E-state index in [0.29, 0.717) is 24.6 Å². The molecule has 0 radical (unpaired) electrons. The van der Waals surface area contributed by atoms with E-state index in [0.717, 1.165) is 13.1 Å². The second-order valence-electron chi connectivity index (χ2n) is 3.29. The molecular formula is C9H18N2O2S. The molecular weight excluding hydrogens is 200 g/mol. The first kappa shape index (κ1) is 11.5. The number of amides is 2. The van der Waals surface area contributed by atoms with Gasteiger partial charge in [-0.3, -0.25) is 4.21 Å². The van der Waals surface area contributed by atoms with Crippen molar-refractivity contribution in [1.29, 1.82) is 0 Å². The molecule has 0 spiro atoms. The molecule has 0 aromatic carbocycles. The van der Waals surface area contributed by atoms with Gasteiger partial charge in [0.1, 0.15) is 0 Å². The predicted molar refractivity (Wildman–Crippen MR) is 57.8 cm³/mol. The molecule has 0 unspecified atom stereocenters. The van der Waals surface area contributed by atoms with Gasteiger partial charge in [0.05, 0.1) is 0 Å². The van der Waals surface area contributed by atoms with E-state index in [2.05, 4.69) is 0 Å². The minimum atomic E-state index is -0.707. The Morgan fingerprint density at radius 3 is 2.21 bits per heavy atom. The van der Waals surface area contributed by atoms with Crippen molar-refractivity contribution in [3.8, 4) is 0 Å². The molecule has 0 aromatic heterocycles. The van der Waals surface area contributed by atoms with Crippen LogP contribution in [0.25, 0.3) is 0 Å². The average molecular weight is 218 g/mol. The van der Waals surface area contributed by atoms with Gasteiger partial charge in [0.25, 0.3) is 0 Å². The Morgan fingerprint density at radius 2 is 1.79 bits per heavy atom. The number of nitrogens with zero attached hydrogens (tertiary/aromatic N) is 2. The minimum absolute atomic E-state index is 0.0895. The van der Waals surface area contributed by atoms with E-state index in [9.17, 15) is 9.00 Å². The van der Waals surface area contributed by atoms with Crippen molar-refractivity contribution in [2.45, 2.75) is 13.8 Å². The smallest absolute Gasteiger partial charge is 0.320 e. The van der Waals surface area contributed by atoms with Crippen LogP contribution in [0.3, 0.4) is 0 Å². The van der Waals surface area contributed by atoms with Crippen molar-refractivity contribution < 1.29 is 9.00 Å². The Bertz CT molecular complexity index is 219. The summed E-state index contributed by atoms with van der Waals surface area (Å²) < 4.78 is 11.1. The molecule has 1 aliphatic rings. The molecule has 0 saturated carbocycles. The van der Waals surface area contributed by atoms with Crippen LogP contribution in [-0.2, 0) is 10.8 Å². The zero-order chi connectivity index (χ0) is 10.6. The van der Waals surface area contributed by atoms with E-state index < -0.39 is 10.8 Å². The maximum atomic E-state index is 11.8. The summed E-state index contributed by atoms with van der Waals surface area (Å²) in [4.78, 5) is 15.4. The third kappa shape index (κ3) is 2.70. The van der Waals surface area contributed by atoms with E-state index in [1.165, 1.54) is 0 Å². The van der Waals surface area contributed by atoms with Crippen molar-refractivity contribution >= 4 is 16.8 Å². The standard InChI is InChI=1S/C9H18N2O2S/c1-3-10(4-2)9(12)11-5-7-14(13)8-6-11/h3-8H2,1-2H3. The van der Waals surface area contributed by atoms with Gasteiger partial charge >= 0.3 is 6.03 Å². The molecule has 1 rings (SSSR count). The Hall–Kier alpha value is -0.580. The number of urea groups is 1. The summed E-state index contributed by atoms with van der Waals surface area (Å²) in [6.45, 7) is 6.72. The first-order valence-corrected chi connectivity index (χ1v) is 6.56. The zero-order valence-corrected chi connectivity index (χ0v) is 9.68. The molecule has 0 bridgehead atoms. The van der Waals surface area contributed by atoms with Crippen LogP contribution in [0.4, 0.5) is 4.79 Å². The molecule has 0 aliphatic carbocycles. The van der Waals surface area contributed by atoms with Gasteiger partial charge in [0.15, 0.2) is 0 Å². The lowest BCUT2D eigenvalue weighted by atomic mass is 10.4. The Labute approximate surface area is 87.7 Å². The zero-order valence-electron chi connectivity index (χ0n) is 8.86. The first-order chi connectivity index (χ1) is 6.69. The largest absolute Gasteiger partial charge is 0.325 e. The van der Waals surface area contributed by atoms with E-state index in [4.69, 9.17) is 0 Å². The number of rotatable bonds is 2. The Kier molecular flexibility index (Phi) is 4.38. The van der Waals surface area contributed by atoms with Crippen LogP contribution in [0.1, 0.15) is 13.8 Å². The van der Waals surface area contributed by atoms with Gasteiger partial charge in [-0.1, -0.05) is 0 Å². The van der Waals surface area contributed by atoms with Gasteiger partial charge in [-0.2, -0.15) is 0 Å². The van der Waals surface area contributed by atoms with Crippen molar-refractivity contribution in [2.75, 3.05) is 37.7 Å². The molecule has 1 saturated heterocycles. The van der Waals surface area contributed by atoms with Crippen LogP contribution in [0.15, 0.2) is 0 Å². The molecule has 1 fully saturated rings. The Balaban J connectivity index is 2.48. The third-order valence-corrected chi connectivity index (χ3v) is 3.76. The summed E-state index contributed by atoms with van der Waals surface area (Å²) in [5, 5.41) is 0. The SMILES string of the molecule is CCN(CC)C(=O)N1CCS(=O)CC1. The highest BCUT2D eigenvalue weighted by Gasteiger charge is 2.22. The fourth-order valence-electron chi connectivity index (χ4n) is 1.52. The lowest BCUT2D eigenvalue weighted by Crippen LogP contribution is -2.48. The number of carbonyl (C=O) groups is 1. The molecule has 4 nitrogen and oxygen atoms in total. The summed E-state index contributed by atoms with van der Waals surface area (Å²) in [5.41, 5.74) is 0. The molecule has 1 aliphatic heterocycles. The quantitative estimate of drug-likeness (QED) is 0.677. The summed E-state index contributed by atoms with van der Waals surface area (Å²) in [6.07, 6.45) is 0. The van der Waals surface area contributed by atoms with Crippen molar-refractivity contribution in [3.63, 3.8) is 0 Å². The summed E-state index contributed by atoms with van der Waals surface area (Å²) in [5.74, 6) is 1.26. The van der Waals surface area contributed by atoms with Gasteiger partial charge in [-0.25, -0.2) is 4.79 Å². The van der Waals surface area contributed by atoms with Gasteiger partial charge in [-0.15, -0.1) is 0 Å². The summed E-state index contributed by atoms with van der Waals surface area (Å²) in [7, 11) is -0.707. The summed E-state index contributed by atoms with van der Waals surface area (Å²) >= 11 is 0. The number of carbonyl (C=O) groups excluding carboxylic acids is 1. The van der Waals surface area contributed by atoms with Crippen molar-refractivity contribution in [1.82, 2.24) is 9.80 Å². The predicted octanol–water partition coefficient (Wildman–Crippen LogP) is 0.513. The maximum Gasteiger partial charge on any atom is 0.320 e. The second-order valence-corrected chi connectivity index (χ2v) is 4.99. The lowest BCUT2D eigenvalue weighted by Gasteiger charge is -2.31. The highest BCUT2D eigenvalue weighted by atomic mass is 32.2. The molecule has 5 heteroatoms. The fourth-order valence-corrected chi connectivity index (χ4v) is 2.58. The highest BCUT2D eigenvalue weighted by Crippen LogP contribution is 2.04. The lowest BCUT2D eigenvalue weighted by molar-refractivity contribution is 0.161. The first-order valence-electron chi connectivity index (χ1n) is 5.07. The van der Waals surface area contributed by atoms with Gasteiger partial charge < -0.3 is 9.80 Å². The van der Waals surface area contributed by atoms with E-state index in [1.54, 1.807) is 9.80 Å². The Morgan fingerprint density at radius 1 is 1.29 bits per heavy atom. The molecule has 1 heterocycles. The monoisotopic (exact) mass is 218 g/mol. The van der Waals surface area contributed by atoms with E-state index in [-0.39, 0.29) is 6.03 Å². The van der Waals surface area contributed by atoms with Crippen LogP contribution in [0, 0.1) is 0 Å². The van der Waals surface area contributed by atoms with Crippen LogP contribution >= 0.6 is 0 Å². The average Bonchev–Trinajstić information content (AvgIpc) is 2.20. The van der Waals surface area contributed by atoms with Crippen LogP contribution < -0.4 is 0 Å². The molecule has 0 N–H and O–H groups in total. The normalized spacial score (nSPS) is 18.3. The van der Waals surface area contributed by atoms with Gasteiger partial charge in [0, 0.05) is 48.5 Å². The van der Waals surface area contributed by atoms with Crippen LogP contribution in [0.2, 0.25) is 0 Å². The second kappa shape index (κ2) is 5.34. The third-order valence-electron chi connectivity index (χ3n) is 2.48.